The van der Waals surface area contributed by atoms with Crippen molar-refractivity contribution in [2.75, 3.05) is 13.2 Å². The van der Waals surface area contributed by atoms with Gasteiger partial charge in [0.05, 0.1) is 19.3 Å². The van der Waals surface area contributed by atoms with Gasteiger partial charge in [-0.15, -0.1) is 0 Å². The van der Waals surface area contributed by atoms with Crippen LogP contribution in [0.4, 0.5) is 0 Å². The Kier molecular flexibility index (Phi) is 5.09. The molecule has 0 saturated carbocycles. The van der Waals surface area contributed by atoms with E-state index in [2.05, 4.69) is 12.2 Å². The summed E-state index contributed by atoms with van der Waals surface area (Å²) in [6.07, 6.45) is 0. The summed E-state index contributed by atoms with van der Waals surface area (Å²) in [5.41, 5.74) is 5.97. The first-order chi connectivity index (χ1) is 8.84. The summed E-state index contributed by atoms with van der Waals surface area (Å²) >= 11 is 0. The van der Waals surface area contributed by atoms with Crippen molar-refractivity contribution in [1.29, 1.82) is 0 Å². The molecule has 4 nitrogen and oxygen atoms in total. The number of aliphatic hydroxyl groups is 2. The highest BCUT2D eigenvalue weighted by atomic mass is 16.3. The zero-order valence-corrected chi connectivity index (χ0v) is 12.3. The number of hydrogen-bond donors (Lipinski definition) is 3. The van der Waals surface area contributed by atoms with Crippen LogP contribution in [0.2, 0.25) is 0 Å². The zero-order chi connectivity index (χ0) is 14.7. The SMILES string of the molecule is Cc1c(C)c(C)c(C(=O)NC(CO)CO)c(C)c1C. The van der Waals surface area contributed by atoms with Crippen molar-refractivity contribution in [2.45, 2.75) is 40.7 Å². The first-order valence-corrected chi connectivity index (χ1v) is 6.44. The van der Waals surface area contributed by atoms with Crippen LogP contribution >= 0.6 is 0 Å². The topological polar surface area (TPSA) is 69.6 Å². The minimum atomic E-state index is -0.617. The molecule has 1 aromatic carbocycles. The van der Waals surface area contributed by atoms with E-state index in [0.29, 0.717) is 5.56 Å². The molecule has 0 fully saturated rings. The van der Waals surface area contributed by atoms with E-state index >= 15 is 0 Å². The lowest BCUT2D eigenvalue weighted by atomic mass is 9.89. The van der Waals surface area contributed by atoms with Gasteiger partial charge >= 0.3 is 0 Å². The molecule has 0 spiro atoms. The molecule has 106 valence electrons. The summed E-state index contributed by atoms with van der Waals surface area (Å²) in [6, 6.07) is -0.617. The highest BCUT2D eigenvalue weighted by Crippen LogP contribution is 2.25. The molecule has 1 amide bonds. The Bertz CT molecular complexity index is 462. The van der Waals surface area contributed by atoms with E-state index in [9.17, 15) is 4.79 Å². The highest BCUT2D eigenvalue weighted by molar-refractivity contribution is 5.98. The van der Waals surface area contributed by atoms with Gasteiger partial charge in [0.1, 0.15) is 0 Å². The standard InChI is InChI=1S/C15H23NO3/c1-8-9(2)11(4)14(12(5)10(8)3)15(19)16-13(6-17)7-18/h13,17-18H,6-7H2,1-5H3,(H,16,19). The molecular formula is C15H23NO3. The predicted octanol–water partition coefficient (Wildman–Crippen LogP) is 1.31. The van der Waals surface area contributed by atoms with Crippen molar-refractivity contribution in [3.63, 3.8) is 0 Å². The normalized spacial score (nSPS) is 10.9. The monoisotopic (exact) mass is 265 g/mol. The fraction of sp³-hybridized carbons (Fsp3) is 0.533. The quantitative estimate of drug-likeness (QED) is 0.769. The van der Waals surface area contributed by atoms with Crippen LogP contribution in [0, 0.1) is 34.6 Å². The number of rotatable bonds is 4. The maximum atomic E-state index is 12.3. The van der Waals surface area contributed by atoms with Crippen molar-refractivity contribution in [3.8, 4) is 0 Å². The minimum Gasteiger partial charge on any atom is -0.394 e. The second-order valence-electron chi connectivity index (χ2n) is 5.04. The number of nitrogens with one attached hydrogen (secondary N) is 1. The van der Waals surface area contributed by atoms with Gasteiger partial charge < -0.3 is 15.5 Å². The second kappa shape index (κ2) is 6.17. The number of aliphatic hydroxyl groups excluding tert-OH is 2. The van der Waals surface area contributed by atoms with Gasteiger partial charge in [-0.2, -0.15) is 0 Å². The van der Waals surface area contributed by atoms with Crippen LogP contribution in [0.3, 0.4) is 0 Å². The van der Waals surface area contributed by atoms with Gasteiger partial charge in [0, 0.05) is 5.56 Å². The Hall–Kier alpha value is -1.39. The second-order valence-corrected chi connectivity index (χ2v) is 5.04. The van der Waals surface area contributed by atoms with E-state index in [4.69, 9.17) is 10.2 Å². The van der Waals surface area contributed by atoms with Crippen molar-refractivity contribution in [1.82, 2.24) is 5.32 Å². The molecule has 19 heavy (non-hydrogen) atoms. The fourth-order valence-corrected chi connectivity index (χ4v) is 2.25. The Balaban J connectivity index is 3.24. The molecule has 0 unspecified atom stereocenters. The summed E-state index contributed by atoms with van der Waals surface area (Å²) in [7, 11) is 0. The lowest BCUT2D eigenvalue weighted by molar-refractivity contribution is 0.0878. The summed E-state index contributed by atoms with van der Waals surface area (Å²) < 4.78 is 0. The van der Waals surface area contributed by atoms with Crippen LogP contribution in [0.25, 0.3) is 0 Å². The fourth-order valence-electron chi connectivity index (χ4n) is 2.25. The molecule has 0 heterocycles. The lowest BCUT2D eigenvalue weighted by Gasteiger charge is -2.20. The minimum absolute atomic E-state index is 0.241. The predicted molar refractivity (Wildman–Crippen MR) is 75.6 cm³/mol. The lowest BCUT2D eigenvalue weighted by Crippen LogP contribution is -2.40. The molecule has 1 rings (SSSR count). The molecule has 0 aliphatic rings. The maximum absolute atomic E-state index is 12.3. The van der Waals surface area contributed by atoms with Gasteiger partial charge in [0.15, 0.2) is 0 Å². The summed E-state index contributed by atoms with van der Waals surface area (Å²) in [6.45, 7) is 9.37. The van der Waals surface area contributed by atoms with Crippen LogP contribution < -0.4 is 5.32 Å². The maximum Gasteiger partial charge on any atom is 0.252 e. The molecule has 4 heteroatoms. The Morgan fingerprint density at radius 2 is 1.26 bits per heavy atom. The third-order valence-electron chi connectivity index (χ3n) is 4.00. The molecule has 3 N–H and O–H groups in total. The van der Waals surface area contributed by atoms with E-state index in [0.717, 1.165) is 22.3 Å². The van der Waals surface area contributed by atoms with E-state index in [1.165, 1.54) is 5.56 Å². The largest absolute Gasteiger partial charge is 0.394 e. The molecular weight excluding hydrogens is 242 g/mol. The van der Waals surface area contributed by atoms with Crippen molar-refractivity contribution in [2.24, 2.45) is 0 Å². The molecule has 0 atom stereocenters. The molecule has 0 radical (unpaired) electrons. The first kappa shape index (κ1) is 15.7. The molecule has 0 aliphatic carbocycles. The smallest absolute Gasteiger partial charge is 0.252 e. The number of carbonyl (C=O) groups excluding carboxylic acids is 1. The molecule has 0 aromatic heterocycles. The van der Waals surface area contributed by atoms with E-state index in [1.54, 1.807) is 0 Å². The van der Waals surface area contributed by atoms with Gasteiger partial charge in [0.2, 0.25) is 0 Å². The van der Waals surface area contributed by atoms with Crippen LogP contribution in [-0.2, 0) is 0 Å². The van der Waals surface area contributed by atoms with Crippen LogP contribution in [0.5, 0.6) is 0 Å². The van der Waals surface area contributed by atoms with E-state index in [-0.39, 0.29) is 19.1 Å². The van der Waals surface area contributed by atoms with Gasteiger partial charge in [-0.25, -0.2) is 0 Å². The Labute approximate surface area is 114 Å². The van der Waals surface area contributed by atoms with Crippen LogP contribution in [0.1, 0.15) is 38.2 Å². The first-order valence-electron chi connectivity index (χ1n) is 6.44. The summed E-state index contributed by atoms with van der Waals surface area (Å²) in [4.78, 5) is 12.3. The molecule has 0 aliphatic heterocycles. The number of benzene rings is 1. The number of carbonyl (C=O) groups is 1. The van der Waals surface area contributed by atoms with Crippen molar-refractivity contribution in [3.05, 3.63) is 33.4 Å². The van der Waals surface area contributed by atoms with Crippen LogP contribution in [-0.4, -0.2) is 35.4 Å². The van der Waals surface area contributed by atoms with Crippen molar-refractivity contribution >= 4 is 5.91 Å². The Morgan fingerprint density at radius 1 is 0.895 bits per heavy atom. The van der Waals surface area contributed by atoms with Gasteiger partial charge in [-0.3, -0.25) is 4.79 Å². The summed E-state index contributed by atoms with van der Waals surface area (Å²) in [5.74, 6) is -0.241. The summed E-state index contributed by atoms with van der Waals surface area (Å²) in [5, 5.41) is 20.7. The molecule has 1 aromatic rings. The Morgan fingerprint density at radius 3 is 1.63 bits per heavy atom. The van der Waals surface area contributed by atoms with E-state index < -0.39 is 6.04 Å². The average molecular weight is 265 g/mol. The third-order valence-corrected chi connectivity index (χ3v) is 4.00. The molecule has 0 bridgehead atoms. The molecule has 0 saturated heterocycles. The van der Waals surface area contributed by atoms with Gasteiger partial charge in [-0.1, -0.05) is 0 Å². The van der Waals surface area contributed by atoms with Gasteiger partial charge in [-0.05, 0) is 62.4 Å². The highest BCUT2D eigenvalue weighted by Gasteiger charge is 2.20. The van der Waals surface area contributed by atoms with Crippen LogP contribution in [0.15, 0.2) is 0 Å². The zero-order valence-electron chi connectivity index (χ0n) is 12.3. The van der Waals surface area contributed by atoms with E-state index in [1.807, 2.05) is 27.7 Å². The number of amides is 1. The average Bonchev–Trinajstić information content (AvgIpc) is 2.40. The van der Waals surface area contributed by atoms with Gasteiger partial charge in [0.25, 0.3) is 5.91 Å². The third kappa shape index (κ3) is 2.96. The number of hydrogen-bond acceptors (Lipinski definition) is 3. The van der Waals surface area contributed by atoms with Crippen molar-refractivity contribution < 1.29 is 15.0 Å².